The molecule has 0 aliphatic rings. The van der Waals surface area contributed by atoms with E-state index in [4.69, 9.17) is 4.74 Å². The molecular weight excluding hydrogens is 318 g/mol. The second-order valence-corrected chi connectivity index (χ2v) is 8.30. The van der Waals surface area contributed by atoms with Gasteiger partial charge in [-0.25, -0.2) is 4.31 Å². The number of benzene rings is 1. The van der Waals surface area contributed by atoms with Crippen LogP contribution in [0.15, 0.2) is 24.4 Å². The molecule has 24 heavy (non-hydrogen) atoms. The molecule has 134 valence electrons. The Morgan fingerprint density at radius 3 is 2.58 bits per heavy atom. The lowest BCUT2D eigenvalue weighted by molar-refractivity contribution is 0.242. The summed E-state index contributed by atoms with van der Waals surface area (Å²) in [6.45, 7) is 10.6. The van der Waals surface area contributed by atoms with Gasteiger partial charge >= 0.3 is 0 Å². The van der Waals surface area contributed by atoms with Crippen LogP contribution in [0.2, 0.25) is 0 Å². The van der Waals surface area contributed by atoms with E-state index >= 15 is 0 Å². The smallest absolute Gasteiger partial charge is 0.121 e. The SMILES string of the molecule is CC(C)Cn1cc(CCNSN(C)C)c2ccc(OC(C)C)cc21. The first kappa shape index (κ1) is 19.2. The Balaban J connectivity index is 2.24. The first-order chi connectivity index (χ1) is 11.4. The molecule has 0 radical (unpaired) electrons. The van der Waals surface area contributed by atoms with Crippen molar-refractivity contribution in [3.8, 4) is 5.75 Å². The van der Waals surface area contributed by atoms with Crippen molar-refractivity contribution in [3.63, 3.8) is 0 Å². The highest BCUT2D eigenvalue weighted by atomic mass is 32.2. The molecule has 0 saturated carbocycles. The number of nitrogens with one attached hydrogen (secondary N) is 1. The minimum atomic E-state index is 0.197. The van der Waals surface area contributed by atoms with E-state index in [0.717, 1.165) is 25.3 Å². The van der Waals surface area contributed by atoms with Crippen LogP contribution in [0.3, 0.4) is 0 Å². The van der Waals surface area contributed by atoms with Crippen LogP contribution in [0, 0.1) is 5.92 Å². The molecular formula is C19H31N3OS. The molecule has 1 aromatic heterocycles. The van der Waals surface area contributed by atoms with Gasteiger partial charge in [0.15, 0.2) is 0 Å². The van der Waals surface area contributed by atoms with Gasteiger partial charge in [-0.1, -0.05) is 13.8 Å². The highest BCUT2D eigenvalue weighted by Gasteiger charge is 2.11. The van der Waals surface area contributed by atoms with Crippen molar-refractivity contribution in [2.45, 2.75) is 46.8 Å². The highest BCUT2D eigenvalue weighted by Crippen LogP contribution is 2.27. The average molecular weight is 350 g/mol. The van der Waals surface area contributed by atoms with E-state index in [1.54, 1.807) is 12.1 Å². The summed E-state index contributed by atoms with van der Waals surface area (Å²) in [7, 11) is 4.09. The normalized spacial score (nSPS) is 12.0. The summed E-state index contributed by atoms with van der Waals surface area (Å²) in [4.78, 5) is 0. The van der Waals surface area contributed by atoms with E-state index < -0.39 is 0 Å². The van der Waals surface area contributed by atoms with Crippen molar-refractivity contribution in [2.24, 2.45) is 5.92 Å². The molecule has 0 spiro atoms. The fourth-order valence-electron chi connectivity index (χ4n) is 2.80. The van der Waals surface area contributed by atoms with E-state index in [-0.39, 0.29) is 6.10 Å². The highest BCUT2D eigenvalue weighted by molar-refractivity contribution is 7.95. The Morgan fingerprint density at radius 1 is 1.21 bits per heavy atom. The molecule has 0 saturated heterocycles. The standard InChI is InChI=1S/C19H31N3OS/c1-14(2)12-22-13-16(9-10-20-24-21(5)6)18-8-7-17(11-19(18)22)23-15(3)4/h7-8,11,13-15,20H,9-10,12H2,1-6H3. The zero-order chi connectivity index (χ0) is 17.7. The van der Waals surface area contributed by atoms with Crippen molar-refractivity contribution >= 4 is 23.0 Å². The van der Waals surface area contributed by atoms with Crippen molar-refractivity contribution in [2.75, 3.05) is 20.6 Å². The summed E-state index contributed by atoms with van der Waals surface area (Å²) >= 11 is 1.64. The maximum absolute atomic E-state index is 5.88. The minimum Gasteiger partial charge on any atom is -0.491 e. The number of hydrogen-bond donors (Lipinski definition) is 1. The van der Waals surface area contributed by atoms with Crippen LogP contribution >= 0.6 is 12.1 Å². The molecule has 0 fully saturated rings. The van der Waals surface area contributed by atoms with Gasteiger partial charge in [-0.3, -0.25) is 4.72 Å². The van der Waals surface area contributed by atoms with Crippen molar-refractivity contribution in [1.29, 1.82) is 0 Å². The third-order valence-corrected chi connectivity index (χ3v) is 4.31. The first-order valence-corrected chi connectivity index (χ1v) is 9.49. The molecule has 2 rings (SSSR count). The van der Waals surface area contributed by atoms with E-state index in [9.17, 15) is 0 Å². The van der Waals surface area contributed by atoms with E-state index in [0.29, 0.717) is 5.92 Å². The number of aromatic nitrogens is 1. The maximum Gasteiger partial charge on any atom is 0.121 e. The molecule has 1 N–H and O–H groups in total. The van der Waals surface area contributed by atoms with Gasteiger partial charge in [0, 0.05) is 42.9 Å². The molecule has 5 heteroatoms. The van der Waals surface area contributed by atoms with E-state index in [2.05, 4.69) is 65.7 Å². The number of hydrogen-bond acceptors (Lipinski definition) is 4. The van der Waals surface area contributed by atoms with Gasteiger partial charge in [-0.05, 0) is 58.0 Å². The largest absolute Gasteiger partial charge is 0.491 e. The molecule has 0 unspecified atom stereocenters. The monoisotopic (exact) mass is 349 g/mol. The van der Waals surface area contributed by atoms with Crippen LogP contribution in [-0.4, -0.2) is 35.6 Å². The fourth-order valence-corrected chi connectivity index (χ4v) is 3.25. The topological polar surface area (TPSA) is 29.4 Å². The predicted molar refractivity (Wildman–Crippen MR) is 106 cm³/mol. The summed E-state index contributed by atoms with van der Waals surface area (Å²) in [5.74, 6) is 1.57. The summed E-state index contributed by atoms with van der Waals surface area (Å²) in [5.41, 5.74) is 2.67. The maximum atomic E-state index is 5.88. The predicted octanol–water partition coefficient (Wildman–Crippen LogP) is 4.34. The average Bonchev–Trinajstić information content (AvgIpc) is 2.80. The Bertz CT molecular complexity index is 649. The van der Waals surface area contributed by atoms with Gasteiger partial charge in [-0.2, -0.15) is 0 Å². The second-order valence-electron chi connectivity index (χ2n) is 7.09. The van der Waals surface area contributed by atoms with Crippen LogP contribution in [0.1, 0.15) is 33.3 Å². The summed E-state index contributed by atoms with van der Waals surface area (Å²) in [5, 5.41) is 1.34. The van der Waals surface area contributed by atoms with Crippen LogP contribution in [-0.2, 0) is 13.0 Å². The van der Waals surface area contributed by atoms with Crippen LogP contribution in [0.4, 0.5) is 0 Å². The minimum absolute atomic E-state index is 0.197. The molecule has 1 aromatic carbocycles. The summed E-state index contributed by atoms with van der Waals surface area (Å²) in [6.07, 6.45) is 3.53. The lowest BCUT2D eigenvalue weighted by atomic mass is 10.1. The van der Waals surface area contributed by atoms with Gasteiger partial charge in [-0.15, -0.1) is 0 Å². The van der Waals surface area contributed by atoms with Crippen molar-refractivity contribution in [3.05, 3.63) is 30.0 Å². The Morgan fingerprint density at radius 2 is 1.96 bits per heavy atom. The lowest BCUT2D eigenvalue weighted by Gasteiger charge is -2.12. The molecule has 0 bridgehead atoms. The Kier molecular flexibility index (Phi) is 7.02. The Hall–Kier alpha value is -1.17. The first-order valence-electron chi connectivity index (χ1n) is 8.72. The zero-order valence-corrected chi connectivity index (χ0v) is 16.6. The third kappa shape index (κ3) is 5.43. The molecule has 4 nitrogen and oxygen atoms in total. The summed E-state index contributed by atoms with van der Waals surface area (Å²) in [6, 6.07) is 6.48. The molecule has 0 aliphatic heterocycles. The zero-order valence-electron chi connectivity index (χ0n) is 15.8. The van der Waals surface area contributed by atoms with Gasteiger partial charge in [0.25, 0.3) is 0 Å². The van der Waals surface area contributed by atoms with Crippen molar-refractivity contribution in [1.82, 2.24) is 13.6 Å². The number of rotatable bonds is 9. The quantitative estimate of drug-likeness (QED) is 0.539. The van der Waals surface area contributed by atoms with Crippen molar-refractivity contribution < 1.29 is 4.74 Å². The van der Waals surface area contributed by atoms with Gasteiger partial charge in [0.1, 0.15) is 5.75 Å². The van der Waals surface area contributed by atoms with Gasteiger partial charge < -0.3 is 9.30 Å². The lowest BCUT2D eigenvalue weighted by Crippen LogP contribution is -2.15. The molecule has 2 aromatic rings. The van der Waals surface area contributed by atoms with E-state index in [1.807, 2.05) is 14.1 Å². The fraction of sp³-hybridized carbons (Fsp3) is 0.579. The summed E-state index contributed by atoms with van der Waals surface area (Å²) < 4.78 is 13.7. The van der Waals surface area contributed by atoms with Crippen LogP contribution in [0.25, 0.3) is 10.9 Å². The number of nitrogens with zero attached hydrogens (tertiary/aromatic N) is 2. The number of fused-ring (bicyclic) bond motifs is 1. The van der Waals surface area contributed by atoms with Gasteiger partial charge in [0.05, 0.1) is 11.6 Å². The molecule has 0 atom stereocenters. The van der Waals surface area contributed by atoms with Crippen LogP contribution < -0.4 is 9.46 Å². The molecule has 1 heterocycles. The third-order valence-electron chi connectivity index (χ3n) is 3.61. The van der Waals surface area contributed by atoms with E-state index in [1.165, 1.54) is 16.5 Å². The molecule has 0 amide bonds. The van der Waals surface area contributed by atoms with Crippen LogP contribution in [0.5, 0.6) is 5.75 Å². The van der Waals surface area contributed by atoms with Gasteiger partial charge in [0.2, 0.25) is 0 Å². The molecule has 0 aliphatic carbocycles. The second kappa shape index (κ2) is 8.79. The Labute approximate surface area is 150 Å². The number of ether oxygens (including phenoxy) is 1.